The van der Waals surface area contributed by atoms with E-state index in [-0.39, 0.29) is 5.95 Å². The van der Waals surface area contributed by atoms with Gasteiger partial charge < -0.3 is 15.8 Å². The third-order valence-electron chi connectivity index (χ3n) is 9.63. The van der Waals surface area contributed by atoms with Crippen LogP contribution in [-0.4, -0.2) is 62.2 Å². The van der Waals surface area contributed by atoms with Gasteiger partial charge in [0.2, 0.25) is 11.9 Å². The molecule has 2 aromatic heterocycles. The van der Waals surface area contributed by atoms with Crippen LogP contribution in [0.15, 0.2) is 48.5 Å². The van der Waals surface area contributed by atoms with Gasteiger partial charge in [-0.05, 0) is 98.4 Å². The van der Waals surface area contributed by atoms with Crippen LogP contribution in [0.2, 0.25) is 0 Å². The molecule has 9 nitrogen and oxygen atoms in total. The highest BCUT2D eigenvalue weighted by Crippen LogP contribution is 2.40. The van der Waals surface area contributed by atoms with Gasteiger partial charge in [0.1, 0.15) is 0 Å². The highest BCUT2D eigenvalue weighted by Gasteiger charge is 2.45. The molecular weight excluding hydrogens is 512 g/mol. The molecule has 2 saturated heterocycles. The van der Waals surface area contributed by atoms with Crippen molar-refractivity contribution in [1.29, 1.82) is 0 Å². The Balaban J connectivity index is 0.984. The summed E-state index contributed by atoms with van der Waals surface area (Å²) < 4.78 is 7.13. The van der Waals surface area contributed by atoms with E-state index in [1.165, 1.54) is 60.2 Å². The molecule has 0 bridgehead atoms. The number of ether oxygens (including phenoxy) is 1. The van der Waals surface area contributed by atoms with Crippen LogP contribution in [-0.2, 0) is 30.4 Å². The van der Waals surface area contributed by atoms with E-state index >= 15 is 0 Å². The fourth-order valence-corrected chi connectivity index (χ4v) is 7.29. The Morgan fingerprint density at radius 3 is 2.61 bits per heavy atom. The van der Waals surface area contributed by atoms with E-state index in [1.807, 2.05) is 0 Å². The summed E-state index contributed by atoms with van der Waals surface area (Å²) in [5, 5.41) is 17.2. The Hall–Kier alpha value is -3.82. The number of aromatic nitrogens is 5. The van der Waals surface area contributed by atoms with Crippen LogP contribution in [0.5, 0.6) is 0 Å². The highest BCUT2D eigenvalue weighted by atomic mass is 16.5. The Bertz CT molecular complexity index is 1610. The van der Waals surface area contributed by atoms with Crippen molar-refractivity contribution in [3.05, 3.63) is 70.8 Å². The van der Waals surface area contributed by atoms with E-state index in [1.54, 1.807) is 4.68 Å². The molecule has 2 aliphatic carbocycles. The largest absolute Gasteiger partial charge is 0.380 e. The molecule has 4 heterocycles. The highest BCUT2D eigenvalue weighted by molar-refractivity contribution is 5.68. The first-order valence-corrected chi connectivity index (χ1v) is 15.0. The number of anilines is 3. The van der Waals surface area contributed by atoms with Crippen molar-refractivity contribution in [3.63, 3.8) is 0 Å². The van der Waals surface area contributed by atoms with E-state index in [0.717, 1.165) is 56.7 Å². The standard InChI is InChI=1S/C32H36N8O/c33-30-35-31(38-40(30)28-17-24-6-3-5-22-4-1-2-7-27(22)29(24)37-36-28)34-25-11-8-21-9-12-26(13-10-23(21)16-25)39-15-14-32(18-39)19-41-20-32/h1-2,4,7-8,11,16-17,26H,3,5-6,9-10,12-15,18-20H2,(H3,33,34,35,38). The molecule has 210 valence electrons. The summed E-state index contributed by atoms with van der Waals surface area (Å²) in [6.07, 6.45) is 8.99. The lowest BCUT2D eigenvalue weighted by Gasteiger charge is -2.39. The van der Waals surface area contributed by atoms with Crippen LogP contribution in [0.25, 0.3) is 17.1 Å². The van der Waals surface area contributed by atoms with E-state index in [0.29, 0.717) is 23.2 Å². The predicted octanol–water partition coefficient (Wildman–Crippen LogP) is 4.51. The van der Waals surface area contributed by atoms with Gasteiger partial charge in [-0.1, -0.05) is 30.3 Å². The Morgan fingerprint density at radius 2 is 1.76 bits per heavy atom. The molecule has 41 heavy (non-hydrogen) atoms. The summed E-state index contributed by atoms with van der Waals surface area (Å²) in [7, 11) is 0. The van der Waals surface area contributed by atoms with Crippen molar-refractivity contribution < 1.29 is 4.74 Å². The van der Waals surface area contributed by atoms with Gasteiger partial charge in [0.25, 0.3) is 0 Å². The lowest BCUT2D eigenvalue weighted by Crippen LogP contribution is -2.46. The van der Waals surface area contributed by atoms with Crippen LogP contribution in [0.3, 0.4) is 0 Å². The minimum atomic E-state index is 0.286. The molecule has 2 aromatic carbocycles. The molecule has 0 saturated carbocycles. The molecule has 0 amide bonds. The third-order valence-corrected chi connectivity index (χ3v) is 9.63. The minimum absolute atomic E-state index is 0.286. The van der Waals surface area contributed by atoms with Gasteiger partial charge in [-0.2, -0.15) is 9.67 Å². The van der Waals surface area contributed by atoms with Crippen molar-refractivity contribution in [2.75, 3.05) is 37.4 Å². The van der Waals surface area contributed by atoms with Gasteiger partial charge in [-0.25, -0.2) is 0 Å². The minimum Gasteiger partial charge on any atom is -0.380 e. The summed E-state index contributed by atoms with van der Waals surface area (Å²) in [6, 6.07) is 17.8. The number of nitrogens with two attached hydrogens (primary N) is 1. The molecule has 0 radical (unpaired) electrons. The summed E-state index contributed by atoms with van der Waals surface area (Å²) in [6.45, 7) is 4.33. The van der Waals surface area contributed by atoms with Crippen LogP contribution >= 0.6 is 0 Å². The maximum Gasteiger partial charge on any atom is 0.248 e. The molecule has 1 spiro atoms. The average molecular weight is 549 g/mol. The van der Waals surface area contributed by atoms with Crippen LogP contribution < -0.4 is 11.1 Å². The Kier molecular flexibility index (Phi) is 6.03. The number of fused-ring (bicyclic) bond motifs is 4. The van der Waals surface area contributed by atoms with Crippen molar-refractivity contribution in [3.8, 4) is 17.1 Å². The lowest BCUT2D eigenvalue weighted by atomic mass is 9.85. The maximum atomic E-state index is 6.32. The summed E-state index contributed by atoms with van der Waals surface area (Å²) >= 11 is 0. The molecule has 2 fully saturated rings. The number of likely N-dealkylation sites (tertiary alicyclic amines) is 1. The molecule has 8 rings (SSSR count). The number of nitrogens with zero attached hydrogens (tertiary/aromatic N) is 6. The van der Waals surface area contributed by atoms with Crippen molar-refractivity contribution >= 4 is 17.6 Å². The second-order valence-electron chi connectivity index (χ2n) is 12.3. The topological polar surface area (TPSA) is 107 Å². The lowest BCUT2D eigenvalue weighted by molar-refractivity contribution is -0.106. The zero-order valence-corrected chi connectivity index (χ0v) is 23.4. The summed E-state index contributed by atoms with van der Waals surface area (Å²) in [5.74, 6) is 1.33. The van der Waals surface area contributed by atoms with E-state index in [4.69, 9.17) is 10.5 Å². The van der Waals surface area contributed by atoms with Crippen LogP contribution in [0.4, 0.5) is 17.6 Å². The van der Waals surface area contributed by atoms with Crippen LogP contribution in [0, 0.1) is 5.41 Å². The molecule has 1 unspecified atom stereocenters. The van der Waals surface area contributed by atoms with Gasteiger partial charge in [-0.15, -0.1) is 15.3 Å². The molecule has 4 aliphatic rings. The SMILES string of the molecule is Nc1nc(Nc2ccc3c(c2)CCC(N2CCC4(COC4)C2)CC3)nn1-c1cc2c(nn1)-c1ccccc1CCC2. The molecule has 9 heteroatoms. The molecule has 4 aromatic rings. The van der Waals surface area contributed by atoms with E-state index < -0.39 is 0 Å². The molecule has 3 N–H and O–H groups in total. The zero-order valence-electron chi connectivity index (χ0n) is 23.4. The first-order chi connectivity index (χ1) is 20.1. The Morgan fingerprint density at radius 1 is 0.902 bits per heavy atom. The van der Waals surface area contributed by atoms with Crippen LogP contribution in [0.1, 0.15) is 47.9 Å². The smallest absolute Gasteiger partial charge is 0.248 e. The van der Waals surface area contributed by atoms with Gasteiger partial charge in [0, 0.05) is 29.3 Å². The maximum absolute atomic E-state index is 6.32. The Labute approximate surface area is 240 Å². The zero-order chi connectivity index (χ0) is 27.4. The van der Waals surface area contributed by atoms with Gasteiger partial charge >= 0.3 is 0 Å². The molecule has 1 atom stereocenters. The fraction of sp³-hybridized carbons (Fsp3) is 0.438. The van der Waals surface area contributed by atoms with E-state index in [9.17, 15) is 0 Å². The van der Waals surface area contributed by atoms with Crippen molar-refractivity contribution in [2.45, 2.75) is 57.4 Å². The monoisotopic (exact) mass is 548 g/mol. The number of hydrogen-bond donors (Lipinski definition) is 2. The predicted molar refractivity (Wildman–Crippen MR) is 158 cm³/mol. The van der Waals surface area contributed by atoms with Gasteiger partial charge in [0.05, 0.1) is 18.9 Å². The second-order valence-corrected chi connectivity index (χ2v) is 12.3. The van der Waals surface area contributed by atoms with Crippen molar-refractivity contribution in [1.82, 2.24) is 29.9 Å². The van der Waals surface area contributed by atoms with E-state index in [2.05, 4.69) is 79.0 Å². The number of hydrogen-bond acceptors (Lipinski definition) is 8. The normalized spacial score (nSPS) is 21.3. The van der Waals surface area contributed by atoms with Gasteiger partial charge in [-0.3, -0.25) is 4.90 Å². The number of nitrogen functional groups attached to an aromatic ring is 1. The summed E-state index contributed by atoms with van der Waals surface area (Å²) in [4.78, 5) is 7.24. The fourth-order valence-electron chi connectivity index (χ4n) is 7.29. The molecule has 2 aliphatic heterocycles. The third kappa shape index (κ3) is 4.57. The number of rotatable bonds is 4. The van der Waals surface area contributed by atoms with Gasteiger partial charge in [0.15, 0.2) is 5.82 Å². The molecular formula is C32H36N8O. The average Bonchev–Trinajstić information content (AvgIpc) is 3.45. The van der Waals surface area contributed by atoms with Crippen molar-refractivity contribution in [2.24, 2.45) is 5.41 Å². The number of aryl methyl sites for hydroxylation is 4. The number of nitrogens with one attached hydrogen (secondary N) is 1. The number of benzene rings is 2. The first kappa shape index (κ1) is 24.9. The summed E-state index contributed by atoms with van der Waals surface area (Å²) in [5.41, 5.74) is 15.2. The first-order valence-electron chi connectivity index (χ1n) is 15.0. The second kappa shape index (κ2) is 9.92. The quantitative estimate of drug-likeness (QED) is 0.359.